The quantitative estimate of drug-likeness (QED) is 0.254. The van der Waals surface area contributed by atoms with Crippen molar-refractivity contribution in [1.82, 2.24) is 24.5 Å². The van der Waals surface area contributed by atoms with E-state index in [1.807, 2.05) is 30.3 Å². The van der Waals surface area contributed by atoms with E-state index in [1.165, 1.54) is 32.1 Å². The first-order chi connectivity index (χ1) is 19.9. The maximum absolute atomic E-state index is 11.1. The van der Waals surface area contributed by atoms with Crippen molar-refractivity contribution in [3.05, 3.63) is 59.2 Å². The van der Waals surface area contributed by atoms with Crippen LogP contribution in [0.4, 0.5) is 28.8 Å². The fourth-order valence-electron chi connectivity index (χ4n) is 5.38. The molecule has 3 aromatic rings. The number of hydrogen-bond donors (Lipinski definition) is 4. The van der Waals surface area contributed by atoms with Crippen LogP contribution < -0.4 is 25.0 Å². The summed E-state index contributed by atoms with van der Waals surface area (Å²) in [5.41, 5.74) is 3.35. The zero-order valence-electron chi connectivity index (χ0n) is 23.3. The molecule has 1 aromatic heterocycles. The zero-order valence-corrected chi connectivity index (χ0v) is 24.9. The van der Waals surface area contributed by atoms with E-state index in [-0.39, 0.29) is 6.54 Å². The highest BCUT2D eigenvalue weighted by atomic mass is 35.5. The molecule has 5 rings (SSSR count). The lowest BCUT2D eigenvalue weighted by Gasteiger charge is -2.43. The number of piperazine rings is 1. The summed E-state index contributed by atoms with van der Waals surface area (Å²) in [5, 5.41) is 6.80. The molecule has 4 N–H and O–H groups in total. The van der Waals surface area contributed by atoms with Gasteiger partial charge in [0.1, 0.15) is 10.8 Å². The number of anilines is 5. The number of hydrogen-bond acceptors (Lipinski definition) is 9. The second-order valence-corrected chi connectivity index (χ2v) is 11.5. The Balaban J connectivity index is 1.25. The van der Waals surface area contributed by atoms with Crippen LogP contribution in [-0.2, 0) is 17.8 Å². The summed E-state index contributed by atoms with van der Waals surface area (Å²) in [6.45, 7) is 6.68. The molecule has 1 unspecified atom stereocenters. The summed E-state index contributed by atoms with van der Waals surface area (Å²) in [6.07, 6.45) is 4.03. The molecule has 0 bridgehead atoms. The molecule has 2 aliphatic rings. The minimum Gasteiger partial charge on any atom is -0.494 e. The molecule has 0 aliphatic carbocycles. The Morgan fingerprint density at radius 1 is 1.05 bits per heavy atom. The third kappa shape index (κ3) is 7.64. The number of likely N-dealkylation sites (tertiary alicyclic amines) is 1. The SMILES string of the molecule is COc1cc(N2CCN(C3CCN(C)CC3)CC2)ccc1Nc1ncc(Cl)c(Nc2ccccc2CNS(=O)O)n1. The van der Waals surface area contributed by atoms with Crippen molar-refractivity contribution in [2.75, 3.05) is 69.0 Å². The molecule has 41 heavy (non-hydrogen) atoms. The predicted octanol–water partition coefficient (Wildman–Crippen LogP) is 4.07. The van der Waals surface area contributed by atoms with Gasteiger partial charge in [-0.3, -0.25) is 9.45 Å². The molecule has 0 saturated carbocycles. The minimum atomic E-state index is -2.12. The van der Waals surface area contributed by atoms with E-state index in [4.69, 9.17) is 20.9 Å². The van der Waals surface area contributed by atoms with Gasteiger partial charge in [0.25, 0.3) is 0 Å². The Morgan fingerprint density at radius 2 is 1.80 bits per heavy atom. The van der Waals surface area contributed by atoms with Gasteiger partial charge < -0.3 is 25.2 Å². The van der Waals surface area contributed by atoms with Gasteiger partial charge >= 0.3 is 0 Å². The number of aromatic nitrogens is 2. The number of methoxy groups -OCH3 is 1. The van der Waals surface area contributed by atoms with Crippen LogP contribution in [0.5, 0.6) is 5.75 Å². The molecule has 1 atom stereocenters. The van der Waals surface area contributed by atoms with E-state index in [0.717, 1.165) is 43.1 Å². The highest BCUT2D eigenvalue weighted by molar-refractivity contribution is 7.77. The molecule has 2 fully saturated rings. The second kappa shape index (κ2) is 13.8. The molecule has 3 heterocycles. The average molecular weight is 601 g/mol. The summed E-state index contributed by atoms with van der Waals surface area (Å²) < 4.78 is 28.4. The van der Waals surface area contributed by atoms with Crippen LogP contribution in [0.3, 0.4) is 0 Å². The summed E-state index contributed by atoms with van der Waals surface area (Å²) in [7, 11) is 3.86. The maximum Gasteiger partial charge on any atom is 0.232 e. The van der Waals surface area contributed by atoms with Crippen LogP contribution in [0.25, 0.3) is 0 Å². The second-order valence-electron chi connectivity index (χ2n) is 10.3. The lowest BCUT2D eigenvalue weighted by atomic mass is 10.0. The molecule has 13 heteroatoms. The lowest BCUT2D eigenvalue weighted by molar-refractivity contribution is 0.115. The van der Waals surface area contributed by atoms with E-state index in [1.54, 1.807) is 7.11 Å². The van der Waals surface area contributed by atoms with Crippen molar-refractivity contribution >= 4 is 51.7 Å². The van der Waals surface area contributed by atoms with Crippen molar-refractivity contribution < 1.29 is 13.5 Å². The van der Waals surface area contributed by atoms with E-state index < -0.39 is 11.3 Å². The molecule has 11 nitrogen and oxygen atoms in total. The third-order valence-corrected chi connectivity index (χ3v) is 8.38. The number of ether oxygens (including phenoxy) is 1. The zero-order chi connectivity index (χ0) is 28.8. The fourth-order valence-corrected chi connectivity index (χ4v) is 5.80. The van der Waals surface area contributed by atoms with Crippen molar-refractivity contribution in [3.63, 3.8) is 0 Å². The van der Waals surface area contributed by atoms with E-state index >= 15 is 0 Å². The van der Waals surface area contributed by atoms with Gasteiger partial charge in [-0.15, -0.1) is 0 Å². The smallest absolute Gasteiger partial charge is 0.232 e. The number of benzene rings is 2. The van der Waals surface area contributed by atoms with Gasteiger partial charge in [0.2, 0.25) is 17.2 Å². The first kappa shape index (κ1) is 29.5. The molecule has 2 aliphatic heterocycles. The van der Waals surface area contributed by atoms with E-state index in [2.05, 4.69) is 59.2 Å². The van der Waals surface area contributed by atoms with E-state index in [9.17, 15) is 4.21 Å². The van der Waals surface area contributed by atoms with Gasteiger partial charge in [-0.25, -0.2) is 13.9 Å². The molecular weight excluding hydrogens is 564 g/mol. The summed E-state index contributed by atoms with van der Waals surface area (Å²) in [5.74, 6) is 1.45. The first-order valence-corrected chi connectivity index (χ1v) is 15.2. The van der Waals surface area contributed by atoms with Gasteiger partial charge in [0.15, 0.2) is 5.82 Å². The van der Waals surface area contributed by atoms with Crippen LogP contribution in [0.1, 0.15) is 18.4 Å². The monoisotopic (exact) mass is 600 g/mol. The average Bonchev–Trinajstić information content (AvgIpc) is 2.99. The number of halogens is 1. The Bertz CT molecular complexity index is 1350. The molecule has 2 saturated heterocycles. The van der Waals surface area contributed by atoms with Crippen molar-refractivity contribution in [2.45, 2.75) is 25.4 Å². The van der Waals surface area contributed by atoms with Crippen molar-refractivity contribution in [1.29, 1.82) is 0 Å². The molecule has 0 radical (unpaired) electrons. The summed E-state index contributed by atoms with van der Waals surface area (Å²) in [4.78, 5) is 16.4. The Hall–Kier alpha value is -3.00. The standard InChI is InChI=1S/C28H37ClN8O3S/c1-35-11-9-21(10-12-35)36-13-15-37(16-14-36)22-7-8-25(26(17-22)40-2)33-28-30-19-23(29)27(34-28)32-24-6-4-3-5-20(24)18-31-41(38)39/h3-8,17,19,21,31H,9-16,18H2,1-2H3,(H,38,39)(H2,30,32,33,34). The third-order valence-electron chi connectivity index (χ3n) is 7.72. The molecule has 220 valence electrons. The summed E-state index contributed by atoms with van der Waals surface area (Å²) in [6, 6.07) is 14.2. The van der Waals surface area contributed by atoms with Gasteiger partial charge in [-0.05, 0) is 56.7 Å². The van der Waals surface area contributed by atoms with Gasteiger partial charge in [0, 0.05) is 56.2 Å². The Kier molecular flexibility index (Phi) is 9.91. The highest BCUT2D eigenvalue weighted by Gasteiger charge is 2.27. The van der Waals surface area contributed by atoms with Gasteiger partial charge in [-0.2, -0.15) is 4.98 Å². The number of nitrogens with one attached hydrogen (secondary N) is 3. The van der Waals surface area contributed by atoms with Crippen LogP contribution in [0.2, 0.25) is 5.02 Å². The maximum atomic E-state index is 11.1. The largest absolute Gasteiger partial charge is 0.494 e. The molecular formula is C28H37ClN8O3S. The van der Waals surface area contributed by atoms with Crippen LogP contribution in [0, 0.1) is 0 Å². The predicted molar refractivity (Wildman–Crippen MR) is 165 cm³/mol. The highest BCUT2D eigenvalue weighted by Crippen LogP contribution is 2.33. The number of rotatable bonds is 10. The van der Waals surface area contributed by atoms with Crippen molar-refractivity contribution in [2.24, 2.45) is 0 Å². The fraction of sp³-hybridized carbons (Fsp3) is 0.429. The Labute approximate surface area is 248 Å². The topological polar surface area (TPSA) is 118 Å². The number of piperidine rings is 1. The Morgan fingerprint density at radius 3 is 2.54 bits per heavy atom. The van der Waals surface area contributed by atoms with Crippen molar-refractivity contribution in [3.8, 4) is 5.75 Å². The molecule has 0 spiro atoms. The van der Waals surface area contributed by atoms with E-state index in [0.29, 0.717) is 34.3 Å². The minimum absolute atomic E-state index is 0.191. The molecule has 0 amide bonds. The van der Waals surface area contributed by atoms with Gasteiger partial charge in [0.05, 0.1) is 19.0 Å². The summed E-state index contributed by atoms with van der Waals surface area (Å²) >= 11 is 4.28. The van der Waals surface area contributed by atoms with Crippen LogP contribution >= 0.6 is 11.6 Å². The lowest BCUT2D eigenvalue weighted by Crippen LogP contribution is -2.53. The van der Waals surface area contributed by atoms with Crippen LogP contribution in [0.15, 0.2) is 48.7 Å². The molecule has 2 aromatic carbocycles. The normalized spacial score (nSPS) is 17.8. The number of para-hydroxylation sites is 1. The first-order valence-electron chi connectivity index (χ1n) is 13.7. The van der Waals surface area contributed by atoms with Crippen LogP contribution in [-0.4, -0.2) is 88.0 Å². The van der Waals surface area contributed by atoms with Gasteiger partial charge in [-0.1, -0.05) is 29.8 Å². The number of nitrogens with zero attached hydrogens (tertiary/aromatic N) is 5.